The number of fused-ring (bicyclic) bond motifs is 2. The van der Waals surface area contributed by atoms with Crippen molar-refractivity contribution in [2.24, 2.45) is 0 Å². The normalized spacial score (nSPS) is 13.3. The molecule has 0 saturated carbocycles. The average molecular weight is 327 g/mol. The SMILES string of the molecule is c1csc(-c2ncc(-c3ccc4ccccc4c3)c3c2CCC3)c1. The standard InChI is InChI=1S/C22H17NS/c1-2-6-16-13-17(11-10-15(16)5-1)20-14-23-22(21-9-4-12-24-21)19-8-3-7-18(19)20/h1-2,4-6,9-14H,3,7-8H2. The van der Waals surface area contributed by atoms with E-state index < -0.39 is 0 Å². The minimum atomic E-state index is 1.15. The highest BCUT2D eigenvalue weighted by atomic mass is 32.1. The highest BCUT2D eigenvalue weighted by Crippen LogP contribution is 2.38. The fourth-order valence-corrected chi connectivity index (χ4v) is 4.57. The molecule has 1 aliphatic rings. The number of hydrogen-bond acceptors (Lipinski definition) is 2. The first-order valence-electron chi connectivity index (χ1n) is 8.44. The summed E-state index contributed by atoms with van der Waals surface area (Å²) >= 11 is 1.78. The van der Waals surface area contributed by atoms with Gasteiger partial charge in [-0.1, -0.05) is 42.5 Å². The van der Waals surface area contributed by atoms with Crippen LogP contribution in [0.4, 0.5) is 0 Å². The molecular formula is C22H17NS. The van der Waals surface area contributed by atoms with Crippen LogP contribution < -0.4 is 0 Å². The van der Waals surface area contributed by atoms with Crippen molar-refractivity contribution in [3.05, 3.63) is 77.3 Å². The third-order valence-corrected chi connectivity index (χ3v) is 5.84. The van der Waals surface area contributed by atoms with Crippen molar-refractivity contribution in [3.63, 3.8) is 0 Å². The summed E-state index contributed by atoms with van der Waals surface area (Å²) in [6.45, 7) is 0. The zero-order valence-corrected chi connectivity index (χ0v) is 14.1. The Bertz CT molecular complexity index is 1030. The summed E-state index contributed by atoms with van der Waals surface area (Å²) in [5.41, 5.74) is 6.76. The first-order chi connectivity index (χ1) is 11.9. The molecule has 116 valence electrons. The van der Waals surface area contributed by atoms with E-state index in [2.05, 4.69) is 66.2 Å². The molecule has 0 atom stereocenters. The summed E-state index contributed by atoms with van der Waals surface area (Å²) in [6.07, 6.45) is 5.64. The largest absolute Gasteiger partial charge is 0.254 e. The van der Waals surface area contributed by atoms with Crippen molar-refractivity contribution in [2.45, 2.75) is 19.3 Å². The fourth-order valence-electron chi connectivity index (χ4n) is 3.82. The molecular weight excluding hydrogens is 310 g/mol. The third-order valence-electron chi connectivity index (χ3n) is 4.97. The fraction of sp³-hybridized carbons (Fsp3) is 0.136. The lowest BCUT2D eigenvalue weighted by Crippen LogP contribution is -1.95. The molecule has 1 nitrogen and oxygen atoms in total. The zero-order valence-electron chi connectivity index (χ0n) is 13.3. The number of thiophene rings is 1. The lowest BCUT2D eigenvalue weighted by molar-refractivity contribution is 0.912. The van der Waals surface area contributed by atoms with E-state index in [9.17, 15) is 0 Å². The number of rotatable bonds is 2. The van der Waals surface area contributed by atoms with Gasteiger partial charge in [-0.15, -0.1) is 11.3 Å². The lowest BCUT2D eigenvalue weighted by Gasteiger charge is -2.12. The van der Waals surface area contributed by atoms with E-state index in [0.717, 1.165) is 6.42 Å². The molecule has 2 heterocycles. The molecule has 0 saturated heterocycles. The van der Waals surface area contributed by atoms with Gasteiger partial charge in [0.1, 0.15) is 0 Å². The Labute approximate surface area is 145 Å². The summed E-state index contributed by atoms with van der Waals surface area (Å²) in [5.74, 6) is 0. The zero-order chi connectivity index (χ0) is 15.9. The van der Waals surface area contributed by atoms with E-state index in [-0.39, 0.29) is 0 Å². The maximum atomic E-state index is 4.86. The second-order valence-corrected chi connectivity index (χ2v) is 7.32. The van der Waals surface area contributed by atoms with Gasteiger partial charge in [0.05, 0.1) is 10.6 Å². The average Bonchev–Trinajstić information content (AvgIpc) is 3.32. The minimum Gasteiger partial charge on any atom is -0.254 e. The van der Waals surface area contributed by atoms with E-state index in [0.29, 0.717) is 0 Å². The van der Waals surface area contributed by atoms with Gasteiger partial charge in [-0.2, -0.15) is 0 Å². The van der Waals surface area contributed by atoms with Gasteiger partial charge in [-0.25, -0.2) is 0 Å². The van der Waals surface area contributed by atoms with Gasteiger partial charge >= 0.3 is 0 Å². The Morgan fingerprint density at radius 3 is 2.58 bits per heavy atom. The molecule has 0 fully saturated rings. The number of nitrogens with zero attached hydrogens (tertiary/aromatic N) is 1. The van der Waals surface area contributed by atoms with Gasteiger partial charge in [-0.05, 0) is 64.2 Å². The van der Waals surface area contributed by atoms with Gasteiger partial charge < -0.3 is 0 Å². The number of benzene rings is 2. The highest BCUT2D eigenvalue weighted by molar-refractivity contribution is 7.13. The van der Waals surface area contributed by atoms with Crippen molar-refractivity contribution in [2.75, 3.05) is 0 Å². The van der Waals surface area contributed by atoms with E-state index in [1.54, 1.807) is 11.3 Å². The third kappa shape index (κ3) is 2.18. The van der Waals surface area contributed by atoms with Gasteiger partial charge in [-0.3, -0.25) is 4.98 Å². The van der Waals surface area contributed by atoms with Gasteiger partial charge in [0.2, 0.25) is 0 Å². The Kier molecular flexibility index (Phi) is 3.24. The maximum Gasteiger partial charge on any atom is 0.0836 e. The molecule has 2 aromatic heterocycles. The molecule has 5 rings (SSSR count). The molecule has 1 aliphatic carbocycles. The second-order valence-electron chi connectivity index (χ2n) is 6.37. The molecule has 0 amide bonds. The molecule has 2 heteroatoms. The van der Waals surface area contributed by atoms with Crippen molar-refractivity contribution >= 4 is 22.1 Å². The van der Waals surface area contributed by atoms with Gasteiger partial charge in [0.25, 0.3) is 0 Å². The monoisotopic (exact) mass is 327 g/mol. The Hall–Kier alpha value is -2.45. The molecule has 0 bridgehead atoms. The first-order valence-corrected chi connectivity index (χ1v) is 9.32. The first kappa shape index (κ1) is 13.9. The summed E-state index contributed by atoms with van der Waals surface area (Å²) < 4.78 is 0. The molecule has 0 spiro atoms. The van der Waals surface area contributed by atoms with Crippen LogP contribution in [0.3, 0.4) is 0 Å². The van der Waals surface area contributed by atoms with Crippen molar-refractivity contribution < 1.29 is 0 Å². The molecule has 24 heavy (non-hydrogen) atoms. The van der Waals surface area contributed by atoms with Crippen LogP contribution in [-0.2, 0) is 12.8 Å². The van der Waals surface area contributed by atoms with Crippen LogP contribution in [0.5, 0.6) is 0 Å². The molecule has 0 radical (unpaired) electrons. The minimum absolute atomic E-state index is 1.15. The smallest absolute Gasteiger partial charge is 0.0836 e. The predicted molar refractivity (Wildman–Crippen MR) is 103 cm³/mol. The summed E-state index contributed by atoms with van der Waals surface area (Å²) in [7, 11) is 0. The Morgan fingerprint density at radius 2 is 1.71 bits per heavy atom. The number of aromatic nitrogens is 1. The quantitative estimate of drug-likeness (QED) is 0.432. The van der Waals surface area contributed by atoms with Crippen LogP contribution in [0.15, 0.2) is 66.2 Å². The molecule has 2 aromatic carbocycles. The van der Waals surface area contributed by atoms with Gasteiger partial charge in [0, 0.05) is 11.8 Å². The van der Waals surface area contributed by atoms with Crippen LogP contribution in [0.2, 0.25) is 0 Å². The van der Waals surface area contributed by atoms with Gasteiger partial charge in [0.15, 0.2) is 0 Å². The molecule has 0 aliphatic heterocycles. The van der Waals surface area contributed by atoms with E-state index in [1.807, 2.05) is 0 Å². The van der Waals surface area contributed by atoms with E-state index >= 15 is 0 Å². The van der Waals surface area contributed by atoms with Crippen LogP contribution >= 0.6 is 11.3 Å². The predicted octanol–water partition coefficient (Wildman–Crippen LogP) is 6.12. The number of pyridine rings is 1. The van der Waals surface area contributed by atoms with E-state index in [4.69, 9.17) is 4.98 Å². The molecule has 4 aromatic rings. The van der Waals surface area contributed by atoms with Crippen LogP contribution in [0.1, 0.15) is 17.5 Å². The summed E-state index contributed by atoms with van der Waals surface area (Å²) in [4.78, 5) is 6.15. The van der Waals surface area contributed by atoms with Crippen LogP contribution in [0, 0.1) is 0 Å². The summed E-state index contributed by atoms with van der Waals surface area (Å²) in [5, 5.41) is 4.72. The van der Waals surface area contributed by atoms with Crippen LogP contribution in [-0.4, -0.2) is 4.98 Å². The van der Waals surface area contributed by atoms with Crippen molar-refractivity contribution in [3.8, 4) is 21.7 Å². The Balaban J connectivity index is 1.70. The molecule has 0 unspecified atom stereocenters. The number of hydrogen-bond donors (Lipinski definition) is 0. The highest BCUT2D eigenvalue weighted by Gasteiger charge is 2.21. The Morgan fingerprint density at radius 1 is 0.833 bits per heavy atom. The second kappa shape index (κ2) is 5.57. The topological polar surface area (TPSA) is 12.9 Å². The van der Waals surface area contributed by atoms with Crippen molar-refractivity contribution in [1.29, 1.82) is 0 Å². The summed E-state index contributed by atoms with van der Waals surface area (Å²) in [6, 6.07) is 19.6. The lowest BCUT2D eigenvalue weighted by atomic mass is 9.95. The molecule has 0 N–H and O–H groups in total. The van der Waals surface area contributed by atoms with Crippen LogP contribution in [0.25, 0.3) is 32.5 Å². The maximum absolute atomic E-state index is 4.86. The van der Waals surface area contributed by atoms with Crippen molar-refractivity contribution in [1.82, 2.24) is 4.98 Å². The van der Waals surface area contributed by atoms with E-state index in [1.165, 1.54) is 56.4 Å².